The Kier molecular flexibility index (Phi) is 4.77. The third kappa shape index (κ3) is 3.12. The van der Waals surface area contributed by atoms with Crippen molar-refractivity contribution >= 4 is 31.7 Å². The second-order valence-corrected chi connectivity index (χ2v) is 8.82. The van der Waals surface area contributed by atoms with Crippen molar-refractivity contribution in [2.45, 2.75) is 30.8 Å². The van der Waals surface area contributed by atoms with Gasteiger partial charge in [-0.25, -0.2) is 0 Å². The van der Waals surface area contributed by atoms with Gasteiger partial charge in [0.1, 0.15) is 5.52 Å². The van der Waals surface area contributed by atoms with E-state index in [1.165, 1.54) is 0 Å². The Morgan fingerprint density at radius 2 is 1.77 bits per heavy atom. The van der Waals surface area contributed by atoms with Crippen LogP contribution in [-0.4, -0.2) is 57.2 Å². The van der Waals surface area contributed by atoms with Crippen molar-refractivity contribution in [2.75, 3.05) is 6.61 Å². The molecule has 5 atom stereocenters. The number of nitrogens with zero attached hydrogens (tertiary/aromatic N) is 1. The van der Waals surface area contributed by atoms with E-state index in [-0.39, 0.29) is 58.3 Å². The Morgan fingerprint density at radius 1 is 1.10 bits per heavy atom. The van der Waals surface area contributed by atoms with Crippen molar-refractivity contribution in [3.63, 3.8) is 0 Å². The predicted octanol–water partition coefficient (Wildman–Crippen LogP) is 2.06. The number of aliphatic hydroxyl groups is 1. The molecule has 0 spiro atoms. The van der Waals surface area contributed by atoms with Crippen LogP contribution < -0.4 is 10.1 Å². The summed E-state index contributed by atoms with van der Waals surface area (Å²) in [6.07, 6.45) is 1.07. The summed E-state index contributed by atoms with van der Waals surface area (Å²) in [6, 6.07) is 10.0. The molecule has 7 nitrogen and oxygen atoms in total. The Bertz CT molecular complexity index is 1240. The SMILES string of the molecule is CC(O)C1NC1C(P)COc1c(O)c2c(c3cccnc13)C(=O)c1ccccc1C2=O. The van der Waals surface area contributed by atoms with Crippen LogP contribution in [-0.2, 0) is 0 Å². The molecule has 158 valence electrons. The second-order valence-electron chi connectivity index (χ2n) is 7.96. The third-order valence-corrected chi connectivity index (χ3v) is 6.54. The van der Waals surface area contributed by atoms with Crippen LogP contribution in [0.15, 0.2) is 42.6 Å². The Labute approximate surface area is 180 Å². The highest BCUT2D eigenvalue weighted by Gasteiger charge is 2.44. The van der Waals surface area contributed by atoms with Crippen molar-refractivity contribution in [3.8, 4) is 11.5 Å². The molecule has 0 amide bonds. The van der Waals surface area contributed by atoms with E-state index in [1.54, 1.807) is 49.5 Å². The number of fused-ring (bicyclic) bond motifs is 4. The molecule has 2 aliphatic rings. The number of carbonyl (C=O) groups excluding carboxylic acids is 2. The van der Waals surface area contributed by atoms with E-state index in [1.807, 2.05) is 0 Å². The average molecular weight is 436 g/mol. The van der Waals surface area contributed by atoms with E-state index in [0.717, 1.165) is 0 Å². The van der Waals surface area contributed by atoms with E-state index in [9.17, 15) is 19.8 Å². The molecule has 1 saturated heterocycles. The van der Waals surface area contributed by atoms with E-state index < -0.39 is 11.9 Å². The normalized spacial score (nSPS) is 21.4. The zero-order valence-corrected chi connectivity index (χ0v) is 17.9. The quantitative estimate of drug-likeness (QED) is 0.324. The van der Waals surface area contributed by atoms with Gasteiger partial charge in [-0.2, -0.15) is 0 Å². The lowest BCUT2D eigenvalue weighted by Gasteiger charge is -2.22. The first-order chi connectivity index (χ1) is 14.9. The number of ketones is 2. The summed E-state index contributed by atoms with van der Waals surface area (Å²) in [5.74, 6) is -1.03. The van der Waals surface area contributed by atoms with Gasteiger partial charge in [0.15, 0.2) is 23.1 Å². The van der Waals surface area contributed by atoms with E-state index in [4.69, 9.17) is 4.74 Å². The fraction of sp³-hybridized carbons (Fsp3) is 0.261. The van der Waals surface area contributed by atoms with E-state index in [0.29, 0.717) is 16.5 Å². The molecule has 5 rings (SSSR count). The number of pyridine rings is 1. The van der Waals surface area contributed by atoms with Gasteiger partial charge in [-0.1, -0.05) is 30.3 Å². The van der Waals surface area contributed by atoms with Crippen molar-refractivity contribution < 1.29 is 24.5 Å². The lowest BCUT2D eigenvalue weighted by molar-refractivity contribution is 0.0977. The number of benzene rings is 2. The maximum absolute atomic E-state index is 13.2. The standard InChI is InChI=1S/C23H21N2O5P/c1-10(26)17-19(25-17)14(31)9-30-23-18-13(7-4-8-24-18)15-16(22(23)29)21(28)12-6-3-2-5-11(12)20(15)27/h2-8,10,14,17,19,25-26,29H,9,31H2,1H3. The average Bonchev–Trinajstić information content (AvgIpc) is 3.58. The summed E-state index contributed by atoms with van der Waals surface area (Å²) in [5.41, 5.74) is 0.963. The minimum atomic E-state index is -0.476. The highest BCUT2D eigenvalue weighted by atomic mass is 31.0. The molecule has 8 heteroatoms. The molecule has 31 heavy (non-hydrogen) atoms. The smallest absolute Gasteiger partial charge is 0.198 e. The molecule has 3 N–H and O–H groups in total. The molecule has 3 aromatic rings. The summed E-state index contributed by atoms with van der Waals surface area (Å²) < 4.78 is 5.96. The molecule has 1 aliphatic carbocycles. The maximum atomic E-state index is 13.2. The topological polar surface area (TPSA) is 119 Å². The lowest BCUT2D eigenvalue weighted by atomic mass is 9.81. The van der Waals surface area contributed by atoms with Gasteiger partial charge >= 0.3 is 0 Å². The number of rotatable bonds is 5. The predicted molar refractivity (Wildman–Crippen MR) is 118 cm³/mol. The van der Waals surface area contributed by atoms with Gasteiger partial charge in [0, 0.05) is 46.0 Å². The zero-order valence-electron chi connectivity index (χ0n) is 16.7. The minimum Gasteiger partial charge on any atom is -0.504 e. The van der Waals surface area contributed by atoms with E-state index >= 15 is 0 Å². The second kappa shape index (κ2) is 7.38. The molecular formula is C23H21N2O5P. The largest absolute Gasteiger partial charge is 0.504 e. The van der Waals surface area contributed by atoms with Gasteiger partial charge in [-0.05, 0) is 13.0 Å². The summed E-state index contributed by atoms with van der Waals surface area (Å²) in [5, 5.41) is 24.4. The van der Waals surface area contributed by atoms with Crippen molar-refractivity contribution in [2.24, 2.45) is 0 Å². The van der Waals surface area contributed by atoms with Gasteiger partial charge in [-0.15, -0.1) is 9.24 Å². The molecule has 2 heterocycles. The third-order valence-electron chi connectivity index (χ3n) is 5.93. The number of ether oxygens (including phenoxy) is 1. The van der Waals surface area contributed by atoms with Gasteiger partial charge in [0.05, 0.1) is 18.3 Å². The number of hydrogen-bond acceptors (Lipinski definition) is 7. The molecule has 0 radical (unpaired) electrons. The van der Waals surface area contributed by atoms with Crippen LogP contribution in [0.2, 0.25) is 0 Å². The number of phenols is 1. The summed E-state index contributed by atoms with van der Waals surface area (Å²) in [7, 11) is 2.68. The number of nitrogens with one attached hydrogen (secondary N) is 1. The number of phenolic OH excluding ortho intramolecular Hbond substituents is 1. The van der Waals surface area contributed by atoms with Crippen LogP contribution in [0.5, 0.6) is 11.5 Å². The fourth-order valence-corrected chi connectivity index (χ4v) is 4.73. The molecule has 0 bridgehead atoms. The van der Waals surface area contributed by atoms with Crippen molar-refractivity contribution in [1.29, 1.82) is 0 Å². The monoisotopic (exact) mass is 436 g/mol. The molecule has 1 fully saturated rings. The maximum Gasteiger partial charge on any atom is 0.198 e. The van der Waals surface area contributed by atoms with E-state index in [2.05, 4.69) is 19.5 Å². The molecule has 0 saturated carbocycles. The first-order valence-electron chi connectivity index (χ1n) is 10.0. The zero-order chi connectivity index (χ0) is 21.9. The number of aliphatic hydroxyl groups excluding tert-OH is 1. The lowest BCUT2D eigenvalue weighted by Crippen LogP contribution is -2.24. The van der Waals surface area contributed by atoms with Gasteiger partial charge in [-0.3, -0.25) is 14.6 Å². The first kappa shape index (κ1) is 20.1. The Hall–Kier alpha value is -2.86. The summed E-state index contributed by atoms with van der Waals surface area (Å²) in [6.45, 7) is 1.94. The van der Waals surface area contributed by atoms with Gasteiger partial charge in [0.2, 0.25) is 0 Å². The van der Waals surface area contributed by atoms with Gasteiger partial charge < -0.3 is 20.3 Å². The molecule has 5 unspecified atom stereocenters. The van der Waals surface area contributed by atoms with Crippen LogP contribution in [0, 0.1) is 0 Å². The molecule has 2 aromatic carbocycles. The number of carbonyl (C=O) groups is 2. The summed E-state index contributed by atoms with van der Waals surface area (Å²) in [4.78, 5) is 30.8. The van der Waals surface area contributed by atoms with Crippen molar-refractivity contribution in [3.05, 3.63) is 64.8 Å². The van der Waals surface area contributed by atoms with Gasteiger partial charge in [0.25, 0.3) is 0 Å². The van der Waals surface area contributed by atoms with Crippen LogP contribution in [0.1, 0.15) is 38.8 Å². The Balaban J connectivity index is 1.59. The van der Waals surface area contributed by atoms with Crippen LogP contribution in [0.3, 0.4) is 0 Å². The molecular weight excluding hydrogens is 415 g/mol. The first-order valence-corrected chi connectivity index (χ1v) is 10.7. The Morgan fingerprint density at radius 3 is 2.42 bits per heavy atom. The minimum absolute atomic E-state index is 0.00574. The fourth-order valence-electron chi connectivity index (χ4n) is 4.29. The number of hydrogen-bond donors (Lipinski definition) is 3. The van der Waals surface area contributed by atoms with Crippen LogP contribution in [0.25, 0.3) is 10.9 Å². The molecule has 1 aliphatic heterocycles. The molecule has 1 aromatic heterocycles. The highest BCUT2D eigenvalue weighted by molar-refractivity contribution is 7.17. The van der Waals surface area contributed by atoms with Crippen molar-refractivity contribution in [1.82, 2.24) is 10.3 Å². The van der Waals surface area contributed by atoms with Crippen LogP contribution in [0.4, 0.5) is 0 Å². The van der Waals surface area contributed by atoms with Crippen LogP contribution >= 0.6 is 9.24 Å². The number of aromatic nitrogens is 1. The summed E-state index contributed by atoms with van der Waals surface area (Å²) >= 11 is 0. The number of aromatic hydroxyl groups is 1. The highest BCUT2D eigenvalue weighted by Crippen LogP contribution is 2.44.